The van der Waals surface area contributed by atoms with E-state index in [9.17, 15) is 45.3 Å². The summed E-state index contributed by atoms with van der Waals surface area (Å²) in [5, 5.41) is 72.0. The zero-order valence-electron chi connectivity index (χ0n) is 39.7. The van der Waals surface area contributed by atoms with Crippen molar-refractivity contribution in [2.24, 2.45) is 0 Å². The largest absolute Gasteiger partial charge is 0.462 e. The maximum atomic E-state index is 13.0. The van der Waals surface area contributed by atoms with Crippen LogP contribution in [-0.4, -0.2) is 142 Å². The van der Waals surface area contributed by atoms with Gasteiger partial charge in [-0.2, -0.15) is 0 Å². The summed E-state index contributed by atoms with van der Waals surface area (Å²) in [4.78, 5) is 25.7. The van der Waals surface area contributed by atoms with Crippen LogP contribution in [0.4, 0.5) is 0 Å². The van der Waals surface area contributed by atoms with Gasteiger partial charge in [0, 0.05) is 12.8 Å². The lowest BCUT2D eigenvalue weighted by atomic mass is 9.98. The van der Waals surface area contributed by atoms with Gasteiger partial charge in [-0.3, -0.25) is 9.59 Å². The van der Waals surface area contributed by atoms with Crippen LogP contribution in [0.1, 0.15) is 174 Å². The van der Waals surface area contributed by atoms with E-state index in [4.69, 9.17) is 28.4 Å². The number of hydrogen-bond acceptors (Lipinski definition) is 15. The van der Waals surface area contributed by atoms with Crippen LogP contribution in [0, 0.1) is 0 Å². The van der Waals surface area contributed by atoms with Crippen LogP contribution in [0.3, 0.4) is 0 Å². The zero-order valence-corrected chi connectivity index (χ0v) is 39.7. The molecule has 15 nitrogen and oxygen atoms in total. The Bertz CT molecular complexity index is 1280. The van der Waals surface area contributed by atoms with Gasteiger partial charge >= 0.3 is 11.9 Å². The van der Waals surface area contributed by atoms with Crippen LogP contribution in [-0.2, 0) is 38.0 Å². The van der Waals surface area contributed by atoms with E-state index in [0.29, 0.717) is 12.8 Å². The Kier molecular flexibility index (Phi) is 34.1. The summed E-state index contributed by atoms with van der Waals surface area (Å²) in [5.74, 6) is -0.941. The lowest BCUT2D eigenvalue weighted by molar-refractivity contribution is -0.332. The Morgan fingerprint density at radius 3 is 1.52 bits per heavy atom. The summed E-state index contributed by atoms with van der Waals surface area (Å²) >= 11 is 0. The van der Waals surface area contributed by atoms with Crippen LogP contribution in [0.15, 0.2) is 36.5 Å². The molecule has 2 aliphatic rings. The van der Waals surface area contributed by atoms with Gasteiger partial charge in [-0.15, -0.1) is 0 Å². The van der Waals surface area contributed by atoms with Crippen molar-refractivity contribution in [3.63, 3.8) is 0 Å². The molecule has 11 unspecified atom stereocenters. The van der Waals surface area contributed by atoms with E-state index < -0.39 is 92.7 Å². The third-order valence-corrected chi connectivity index (χ3v) is 11.9. The third kappa shape index (κ3) is 26.2. The highest BCUT2D eigenvalue weighted by atomic mass is 16.7. The fourth-order valence-electron chi connectivity index (χ4n) is 7.76. The molecular weight excluding hydrogens is 841 g/mol. The fourth-order valence-corrected chi connectivity index (χ4v) is 7.76. The van der Waals surface area contributed by atoms with Crippen molar-refractivity contribution in [3.8, 4) is 0 Å². The van der Waals surface area contributed by atoms with Crippen LogP contribution in [0.5, 0.6) is 0 Å². The molecule has 7 N–H and O–H groups in total. The molecule has 0 aromatic heterocycles. The highest BCUT2D eigenvalue weighted by molar-refractivity contribution is 5.70. The summed E-state index contributed by atoms with van der Waals surface area (Å²) in [6.45, 7) is 2.46. The highest BCUT2D eigenvalue weighted by Crippen LogP contribution is 2.26. The molecule has 2 rings (SSSR count). The van der Waals surface area contributed by atoms with Gasteiger partial charge in [-0.05, 0) is 44.9 Å². The number of esters is 2. The fraction of sp³-hybridized carbons (Fsp3) is 0.840. The van der Waals surface area contributed by atoms with Gasteiger partial charge in [0.2, 0.25) is 0 Å². The maximum Gasteiger partial charge on any atom is 0.306 e. The minimum absolute atomic E-state index is 0.147. The van der Waals surface area contributed by atoms with Crippen molar-refractivity contribution < 1.29 is 73.8 Å². The second-order valence-corrected chi connectivity index (χ2v) is 17.6. The van der Waals surface area contributed by atoms with Crippen LogP contribution >= 0.6 is 0 Å². The normalized spacial score (nSPS) is 26.7. The number of aliphatic hydroxyl groups excluding tert-OH is 7. The van der Waals surface area contributed by atoms with Gasteiger partial charge in [0.1, 0.15) is 55.4 Å². The minimum atomic E-state index is -1.77. The first-order valence-electron chi connectivity index (χ1n) is 25.1. The van der Waals surface area contributed by atoms with Gasteiger partial charge in [-0.1, -0.05) is 153 Å². The monoisotopic (exact) mass is 929 g/mol. The smallest absolute Gasteiger partial charge is 0.306 e. The first-order valence-corrected chi connectivity index (χ1v) is 25.1. The van der Waals surface area contributed by atoms with Gasteiger partial charge in [-0.25, -0.2) is 0 Å². The molecule has 0 aliphatic carbocycles. The molecule has 15 heteroatoms. The quantitative estimate of drug-likeness (QED) is 0.0198. The van der Waals surface area contributed by atoms with E-state index >= 15 is 0 Å². The Morgan fingerprint density at radius 1 is 0.508 bits per heavy atom. The van der Waals surface area contributed by atoms with Crippen molar-refractivity contribution in [2.75, 3.05) is 26.4 Å². The average molecular weight is 929 g/mol. The highest BCUT2D eigenvalue weighted by Gasteiger charge is 2.47. The topological polar surface area (TPSA) is 231 Å². The molecule has 0 radical (unpaired) electrons. The molecule has 2 saturated heterocycles. The van der Waals surface area contributed by atoms with Gasteiger partial charge in [0.05, 0.1) is 19.8 Å². The molecule has 378 valence electrons. The lowest BCUT2D eigenvalue weighted by Crippen LogP contribution is -2.61. The second kappa shape index (κ2) is 37.7. The van der Waals surface area contributed by atoms with Crippen molar-refractivity contribution in [1.82, 2.24) is 0 Å². The summed E-state index contributed by atoms with van der Waals surface area (Å²) < 4.78 is 33.5. The average Bonchev–Trinajstić information content (AvgIpc) is 3.30. The van der Waals surface area contributed by atoms with E-state index in [1.165, 1.54) is 64.2 Å². The van der Waals surface area contributed by atoms with E-state index in [1.54, 1.807) is 0 Å². The van der Waals surface area contributed by atoms with E-state index in [2.05, 4.69) is 50.3 Å². The summed E-state index contributed by atoms with van der Waals surface area (Å²) in [7, 11) is 0. The van der Waals surface area contributed by atoms with Crippen molar-refractivity contribution in [1.29, 1.82) is 0 Å². The number of ether oxygens (including phenoxy) is 6. The Hall–Kier alpha value is -2.28. The first-order chi connectivity index (χ1) is 31.5. The number of rotatable bonds is 38. The molecule has 0 saturated carbocycles. The second-order valence-electron chi connectivity index (χ2n) is 17.6. The van der Waals surface area contributed by atoms with Crippen molar-refractivity contribution >= 4 is 11.9 Å². The Labute approximate surface area is 389 Å². The first kappa shape index (κ1) is 58.8. The molecule has 2 fully saturated rings. The SMILES string of the molecule is CC/C=C\C/C=C\C/C=C\CCCCCCCC(=O)OC(COC(=O)CCCCCCCCCCCCCCCC)COC1OC(COC2OC(CO)C(O)C(O)C2O)C(O)C(O)C1O. The lowest BCUT2D eigenvalue weighted by Gasteiger charge is -2.42. The number of unbranched alkanes of at least 4 members (excludes halogenated alkanes) is 18. The minimum Gasteiger partial charge on any atom is -0.462 e. The number of aliphatic hydroxyl groups is 7. The molecule has 0 amide bonds. The van der Waals surface area contributed by atoms with E-state index in [-0.39, 0.29) is 26.1 Å². The Balaban J connectivity index is 1.83. The van der Waals surface area contributed by atoms with Crippen molar-refractivity contribution in [3.05, 3.63) is 36.5 Å². The van der Waals surface area contributed by atoms with E-state index in [0.717, 1.165) is 70.6 Å². The standard InChI is InChI=1S/C50H88O15/c1-3-5-7-9-11-13-15-17-19-21-23-25-27-29-31-33-42(53)63-38(35-60-41(52)32-30-28-26-24-22-20-18-16-14-12-10-8-6-4-2)36-61-49-48(59)46(57)44(55)40(65-49)37-62-50-47(58)45(56)43(54)39(34-51)64-50/h5,7,11,13,17,19,38-40,43-51,54-59H,3-4,6,8-10,12,14-16,18,20-37H2,1-2H3/b7-5-,13-11-,19-17-. The molecule has 0 spiro atoms. The van der Waals surface area contributed by atoms with Crippen LogP contribution in [0.2, 0.25) is 0 Å². The number of carbonyl (C=O) groups is 2. The third-order valence-electron chi connectivity index (χ3n) is 11.9. The molecule has 2 heterocycles. The molecule has 0 bridgehead atoms. The molecule has 11 atom stereocenters. The molecule has 2 aliphatic heterocycles. The number of carbonyl (C=O) groups excluding carboxylic acids is 2. The van der Waals surface area contributed by atoms with Crippen molar-refractivity contribution in [2.45, 2.75) is 242 Å². The van der Waals surface area contributed by atoms with Gasteiger partial charge in [0.15, 0.2) is 18.7 Å². The van der Waals surface area contributed by atoms with Crippen LogP contribution < -0.4 is 0 Å². The van der Waals surface area contributed by atoms with Crippen LogP contribution in [0.25, 0.3) is 0 Å². The summed E-state index contributed by atoms with van der Waals surface area (Å²) in [5.41, 5.74) is 0. The van der Waals surface area contributed by atoms with E-state index in [1.807, 2.05) is 0 Å². The summed E-state index contributed by atoms with van der Waals surface area (Å²) in [6, 6.07) is 0. The number of allylic oxidation sites excluding steroid dienone is 6. The maximum absolute atomic E-state index is 13.0. The predicted octanol–water partition coefficient (Wildman–Crippen LogP) is 6.54. The molecule has 0 aromatic rings. The van der Waals surface area contributed by atoms with Gasteiger partial charge < -0.3 is 64.2 Å². The Morgan fingerprint density at radius 2 is 0.969 bits per heavy atom. The number of hydrogen-bond donors (Lipinski definition) is 7. The predicted molar refractivity (Wildman–Crippen MR) is 247 cm³/mol. The molecular formula is C50H88O15. The zero-order chi connectivity index (χ0) is 47.5. The summed E-state index contributed by atoms with van der Waals surface area (Å²) in [6.07, 6.45) is 21.7. The molecule has 0 aromatic carbocycles. The molecule has 65 heavy (non-hydrogen) atoms. The van der Waals surface area contributed by atoms with Gasteiger partial charge in [0.25, 0.3) is 0 Å².